The summed E-state index contributed by atoms with van der Waals surface area (Å²) in [5.41, 5.74) is 1.31. The maximum atomic E-state index is 5.63. The van der Waals surface area contributed by atoms with Gasteiger partial charge in [0, 0.05) is 31.8 Å². The van der Waals surface area contributed by atoms with E-state index < -0.39 is 0 Å². The number of ether oxygens (including phenoxy) is 1. The fraction of sp³-hybridized carbons (Fsp3) is 0.750. The highest BCUT2D eigenvalue weighted by Crippen LogP contribution is 2.28. The van der Waals surface area contributed by atoms with Crippen molar-refractivity contribution in [1.29, 1.82) is 0 Å². The van der Waals surface area contributed by atoms with Crippen LogP contribution in [0.5, 0.6) is 0 Å². The van der Waals surface area contributed by atoms with E-state index in [1.165, 1.54) is 18.4 Å². The average Bonchev–Trinajstić information content (AvgIpc) is 3.17. The van der Waals surface area contributed by atoms with Crippen LogP contribution in [0.2, 0.25) is 0 Å². The summed E-state index contributed by atoms with van der Waals surface area (Å²) in [4.78, 5) is 2.51. The molecule has 0 saturated heterocycles. The second kappa shape index (κ2) is 7.81. The van der Waals surface area contributed by atoms with Gasteiger partial charge in [0.15, 0.2) is 0 Å². The van der Waals surface area contributed by atoms with Crippen LogP contribution in [0.25, 0.3) is 0 Å². The van der Waals surface area contributed by atoms with Crippen LogP contribution >= 0.6 is 0 Å². The molecular formula is C16H28N2O2. The number of nitrogens with zero attached hydrogens (tertiary/aromatic N) is 1. The minimum Gasteiger partial charge on any atom is -0.468 e. The molecule has 20 heavy (non-hydrogen) atoms. The van der Waals surface area contributed by atoms with E-state index in [4.69, 9.17) is 9.15 Å². The van der Waals surface area contributed by atoms with Gasteiger partial charge in [0.05, 0.1) is 19.4 Å². The van der Waals surface area contributed by atoms with Gasteiger partial charge in [0.25, 0.3) is 0 Å². The van der Waals surface area contributed by atoms with Gasteiger partial charge < -0.3 is 14.5 Å². The zero-order chi connectivity index (χ0) is 14.4. The van der Waals surface area contributed by atoms with E-state index in [0.717, 1.165) is 44.6 Å². The van der Waals surface area contributed by atoms with E-state index in [1.54, 1.807) is 7.11 Å². The van der Waals surface area contributed by atoms with E-state index in [-0.39, 0.29) is 0 Å². The molecule has 1 aliphatic rings. The summed E-state index contributed by atoms with van der Waals surface area (Å²) in [6.07, 6.45) is 4.45. The Kier molecular flexibility index (Phi) is 6.07. The van der Waals surface area contributed by atoms with Crippen molar-refractivity contribution in [1.82, 2.24) is 10.2 Å². The Balaban J connectivity index is 1.85. The lowest BCUT2D eigenvalue weighted by Gasteiger charge is -2.21. The van der Waals surface area contributed by atoms with Crippen molar-refractivity contribution in [2.45, 2.75) is 45.8 Å². The Morgan fingerprint density at radius 1 is 1.45 bits per heavy atom. The molecule has 0 bridgehead atoms. The fourth-order valence-corrected chi connectivity index (χ4v) is 2.40. The Hall–Kier alpha value is -0.840. The molecule has 1 aliphatic carbocycles. The molecule has 0 aromatic carbocycles. The molecule has 1 aromatic heterocycles. The molecule has 2 rings (SSSR count). The number of methoxy groups -OCH3 is 1. The fourth-order valence-electron chi connectivity index (χ4n) is 2.40. The predicted octanol–water partition coefficient (Wildman–Crippen LogP) is 2.64. The predicted molar refractivity (Wildman–Crippen MR) is 80.6 cm³/mol. The maximum Gasteiger partial charge on any atom is 0.122 e. The van der Waals surface area contributed by atoms with Gasteiger partial charge in [-0.15, -0.1) is 0 Å². The van der Waals surface area contributed by atoms with Crippen LogP contribution in [0.15, 0.2) is 16.7 Å². The molecule has 1 heterocycles. The van der Waals surface area contributed by atoms with Gasteiger partial charge in [-0.25, -0.2) is 0 Å². The third kappa shape index (κ3) is 4.93. The molecule has 0 unspecified atom stereocenters. The van der Waals surface area contributed by atoms with Gasteiger partial charge >= 0.3 is 0 Å². The lowest BCUT2D eigenvalue weighted by molar-refractivity contribution is 0.139. The summed E-state index contributed by atoms with van der Waals surface area (Å²) in [6.45, 7) is 9.06. The molecule has 4 heteroatoms. The van der Waals surface area contributed by atoms with E-state index in [1.807, 2.05) is 6.26 Å². The number of nitrogens with one attached hydrogen (secondary N) is 1. The molecule has 0 aliphatic heterocycles. The normalized spacial score (nSPS) is 15.4. The quantitative estimate of drug-likeness (QED) is 0.715. The second-order valence-electron chi connectivity index (χ2n) is 6.09. The lowest BCUT2D eigenvalue weighted by atomic mass is 10.2. The van der Waals surface area contributed by atoms with Gasteiger partial charge in [-0.05, 0) is 31.4 Å². The number of furan rings is 1. The minimum absolute atomic E-state index is 0.665. The summed E-state index contributed by atoms with van der Waals surface area (Å²) in [5, 5.41) is 3.45. The molecule has 1 fully saturated rings. The number of hydrogen-bond donors (Lipinski definition) is 1. The first-order chi connectivity index (χ1) is 9.70. The van der Waals surface area contributed by atoms with Gasteiger partial charge in [0.2, 0.25) is 0 Å². The maximum absolute atomic E-state index is 5.63. The third-order valence-corrected chi connectivity index (χ3v) is 3.70. The van der Waals surface area contributed by atoms with Crippen LogP contribution in [0.1, 0.15) is 38.0 Å². The van der Waals surface area contributed by atoms with Crippen molar-refractivity contribution in [2.75, 3.05) is 26.8 Å². The molecule has 1 saturated carbocycles. The lowest BCUT2D eigenvalue weighted by Crippen LogP contribution is -2.29. The first kappa shape index (κ1) is 15.5. The largest absolute Gasteiger partial charge is 0.468 e. The van der Waals surface area contributed by atoms with Crippen molar-refractivity contribution < 1.29 is 9.15 Å². The van der Waals surface area contributed by atoms with Crippen LogP contribution in [-0.4, -0.2) is 37.7 Å². The first-order valence-corrected chi connectivity index (χ1v) is 7.69. The molecule has 0 atom stereocenters. The molecule has 4 nitrogen and oxygen atoms in total. The topological polar surface area (TPSA) is 37.6 Å². The van der Waals surface area contributed by atoms with Crippen LogP contribution < -0.4 is 5.32 Å². The SMILES string of the molecule is COCCN(Cc1ccoc1CNCC(C)C)C1CC1. The van der Waals surface area contributed by atoms with E-state index in [0.29, 0.717) is 5.92 Å². The van der Waals surface area contributed by atoms with Crippen molar-refractivity contribution >= 4 is 0 Å². The summed E-state index contributed by atoms with van der Waals surface area (Å²) in [7, 11) is 1.77. The van der Waals surface area contributed by atoms with Crippen molar-refractivity contribution in [3.05, 3.63) is 23.7 Å². The minimum atomic E-state index is 0.665. The van der Waals surface area contributed by atoms with Crippen LogP contribution in [0.3, 0.4) is 0 Å². The standard InChI is InChI=1S/C16H28N2O2/c1-13(2)10-17-11-16-14(6-8-20-16)12-18(7-9-19-3)15-4-5-15/h6,8,13,15,17H,4-5,7,9-12H2,1-3H3. The highest BCUT2D eigenvalue weighted by molar-refractivity contribution is 5.17. The van der Waals surface area contributed by atoms with E-state index >= 15 is 0 Å². The van der Waals surface area contributed by atoms with Gasteiger partial charge in [-0.2, -0.15) is 0 Å². The third-order valence-electron chi connectivity index (χ3n) is 3.70. The van der Waals surface area contributed by atoms with Gasteiger partial charge in [0.1, 0.15) is 5.76 Å². The average molecular weight is 280 g/mol. The number of hydrogen-bond acceptors (Lipinski definition) is 4. The van der Waals surface area contributed by atoms with Crippen LogP contribution in [-0.2, 0) is 17.8 Å². The summed E-state index contributed by atoms with van der Waals surface area (Å²) in [6, 6.07) is 2.85. The molecule has 114 valence electrons. The Labute approximate surface area is 122 Å². The zero-order valence-corrected chi connectivity index (χ0v) is 13.0. The monoisotopic (exact) mass is 280 g/mol. The zero-order valence-electron chi connectivity index (χ0n) is 13.0. The van der Waals surface area contributed by atoms with Crippen molar-refractivity contribution in [3.63, 3.8) is 0 Å². The smallest absolute Gasteiger partial charge is 0.122 e. The molecule has 0 amide bonds. The number of rotatable bonds is 10. The summed E-state index contributed by atoms with van der Waals surface area (Å²) in [5.74, 6) is 1.74. The van der Waals surface area contributed by atoms with Crippen LogP contribution in [0, 0.1) is 5.92 Å². The highest BCUT2D eigenvalue weighted by atomic mass is 16.5. The van der Waals surface area contributed by atoms with E-state index in [9.17, 15) is 0 Å². The van der Waals surface area contributed by atoms with Crippen molar-refractivity contribution in [2.24, 2.45) is 5.92 Å². The molecule has 0 radical (unpaired) electrons. The Bertz CT molecular complexity index is 386. The Morgan fingerprint density at radius 2 is 2.25 bits per heavy atom. The molecule has 0 spiro atoms. The summed E-state index contributed by atoms with van der Waals surface area (Å²) >= 11 is 0. The van der Waals surface area contributed by atoms with Crippen LogP contribution in [0.4, 0.5) is 0 Å². The Morgan fingerprint density at radius 3 is 2.90 bits per heavy atom. The van der Waals surface area contributed by atoms with Gasteiger partial charge in [-0.1, -0.05) is 13.8 Å². The summed E-state index contributed by atoms with van der Waals surface area (Å²) < 4.78 is 10.8. The van der Waals surface area contributed by atoms with Gasteiger partial charge in [-0.3, -0.25) is 4.90 Å². The first-order valence-electron chi connectivity index (χ1n) is 7.69. The molecular weight excluding hydrogens is 252 g/mol. The molecule has 1 N–H and O–H groups in total. The van der Waals surface area contributed by atoms with E-state index in [2.05, 4.69) is 30.1 Å². The molecule has 1 aromatic rings. The van der Waals surface area contributed by atoms with Crippen molar-refractivity contribution in [3.8, 4) is 0 Å². The highest BCUT2D eigenvalue weighted by Gasteiger charge is 2.29. The second-order valence-corrected chi connectivity index (χ2v) is 6.09.